The van der Waals surface area contributed by atoms with Gasteiger partial charge < -0.3 is 10.6 Å². The molecular formula is C17H27BrN3O2+. The van der Waals surface area contributed by atoms with Gasteiger partial charge in [-0.3, -0.25) is 10.1 Å². The fraction of sp³-hybridized carbons (Fsp3) is 0.529. The number of quaternary nitrogens is 1. The number of nitrogens with one attached hydrogen (secondary N) is 2. The summed E-state index contributed by atoms with van der Waals surface area (Å²) in [6, 6.07) is 7.87. The van der Waals surface area contributed by atoms with Crippen LogP contribution in [0.5, 0.6) is 0 Å². The molecule has 0 aliphatic carbocycles. The average Bonchev–Trinajstić information content (AvgIpc) is 2.49. The molecule has 1 aromatic carbocycles. The number of benzene rings is 1. The van der Waals surface area contributed by atoms with Gasteiger partial charge in [-0.25, -0.2) is 4.79 Å². The van der Waals surface area contributed by atoms with Crippen LogP contribution in [0.4, 0.5) is 4.79 Å². The van der Waals surface area contributed by atoms with Crippen molar-refractivity contribution in [2.24, 2.45) is 5.92 Å². The van der Waals surface area contributed by atoms with E-state index in [1.54, 1.807) is 0 Å². The van der Waals surface area contributed by atoms with Crippen LogP contribution in [0.3, 0.4) is 0 Å². The lowest BCUT2D eigenvalue weighted by atomic mass is 10.0. The van der Waals surface area contributed by atoms with Gasteiger partial charge in [0, 0.05) is 23.0 Å². The van der Waals surface area contributed by atoms with Crippen molar-refractivity contribution in [1.29, 1.82) is 0 Å². The second-order valence-electron chi connectivity index (χ2n) is 5.99. The number of amides is 3. The van der Waals surface area contributed by atoms with E-state index in [2.05, 4.69) is 47.3 Å². The minimum Gasteiger partial charge on any atom is -0.338 e. The maximum Gasteiger partial charge on any atom is 0.321 e. The lowest BCUT2D eigenvalue weighted by molar-refractivity contribution is -0.686. The first-order valence-electron chi connectivity index (χ1n) is 8.08. The molecule has 1 rings (SSSR count). The molecule has 0 bridgehead atoms. The summed E-state index contributed by atoms with van der Waals surface area (Å²) in [6.07, 6.45) is 1.81. The number of imide groups is 1. The molecule has 0 saturated carbocycles. The molecule has 0 spiro atoms. The lowest BCUT2D eigenvalue weighted by Crippen LogP contribution is -2.87. The standard InChI is InChI=1S/C17H26BrN3O2/c1-4-15(13-5-7-14(18)8-6-13)20-11-16(22)21-17(23)19-10-9-12(2)3/h5-8,12,15,20H,4,9-11H2,1-3H3,(H2,19,21,22,23)/p+1/t15-/m0/s1. The zero-order valence-electron chi connectivity index (χ0n) is 14.1. The fourth-order valence-electron chi connectivity index (χ4n) is 2.19. The van der Waals surface area contributed by atoms with Crippen molar-refractivity contribution in [1.82, 2.24) is 10.6 Å². The van der Waals surface area contributed by atoms with E-state index in [0.29, 0.717) is 12.5 Å². The van der Waals surface area contributed by atoms with Crippen molar-refractivity contribution in [3.63, 3.8) is 0 Å². The summed E-state index contributed by atoms with van der Waals surface area (Å²) < 4.78 is 1.03. The maximum atomic E-state index is 11.8. The Bertz CT molecular complexity index is 503. The van der Waals surface area contributed by atoms with Crippen LogP contribution in [-0.4, -0.2) is 25.0 Å². The van der Waals surface area contributed by atoms with Gasteiger partial charge in [0.15, 0.2) is 6.54 Å². The number of carbonyl (C=O) groups is 2. The predicted octanol–water partition coefficient (Wildman–Crippen LogP) is 2.34. The van der Waals surface area contributed by atoms with Gasteiger partial charge >= 0.3 is 6.03 Å². The van der Waals surface area contributed by atoms with Gasteiger partial charge in [-0.1, -0.05) is 48.8 Å². The molecule has 0 aliphatic rings. The summed E-state index contributed by atoms with van der Waals surface area (Å²) in [4.78, 5) is 23.4. The Morgan fingerprint density at radius 2 is 1.87 bits per heavy atom. The second kappa shape index (κ2) is 10.4. The third kappa shape index (κ3) is 8.13. The van der Waals surface area contributed by atoms with Crippen molar-refractivity contribution < 1.29 is 14.9 Å². The normalized spacial score (nSPS) is 12.0. The molecule has 128 valence electrons. The van der Waals surface area contributed by atoms with E-state index in [1.807, 2.05) is 29.6 Å². The number of urea groups is 1. The van der Waals surface area contributed by atoms with Crippen LogP contribution in [0.15, 0.2) is 28.7 Å². The number of hydrogen-bond acceptors (Lipinski definition) is 2. The third-order valence-corrected chi connectivity index (χ3v) is 4.11. The van der Waals surface area contributed by atoms with Crippen LogP contribution in [0.1, 0.15) is 45.2 Å². The van der Waals surface area contributed by atoms with E-state index in [9.17, 15) is 9.59 Å². The van der Waals surface area contributed by atoms with Gasteiger partial charge in [-0.05, 0) is 24.5 Å². The van der Waals surface area contributed by atoms with E-state index in [4.69, 9.17) is 0 Å². The predicted molar refractivity (Wildman–Crippen MR) is 95.0 cm³/mol. The number of hydrogen-bond donors (Lipinski definition) is 3. The van der Waals surface area contributed by atoms with Gasteiger partial charge in [0.05, 0.1) is 0 Å². The Labute approximate surface area is 146 Å². The number of carbonyl (C=O) groups excluding carboxylic acids is 2. The summed E-state index contributed by atoms with van der Waals surface area (Å²) in [5, 5.41) is 7.02. The molecule has 0 heterocycles. The monoisotopic (exact) mass is 384 g/mol. The quantitative estimate of drug-likeness (QED) is 0.643. The molecule has 3 amide bonds. The number of rotatable bonds is 8. The molecule has 0 aliphatic heterocycles. The van der Waals surface area contributed by atoms with E-state index in [0.717, 1.165) is 17.3 Å². The molecule has 6 heteroatoms. The van der Waals surface area contributed by atoms with Crippen LogP contribution < -0.4 is 16.0 Å². The topological polar surface area (TPSA) is 74.8 Å². The molecule has 0 fully saturated rings. The van der Waals surface area contributed by atoms with Gasteiger partial charge in [0.1, 0.15) is 6.04 Å². The van der Waals surface area contributed by atoms with Crippen LogP contribution in [0, 0.1) is 5.92 Å². The summed E-state index contributed by atoms with van der Waals surface area (Å²) in [5.41, 5.74) is 1.17. The summed E-state index contributed by atoms with van der Waals surface area (Å²) >= 11 is 3.42. The molecular weight excluding hydrogens is 358 g/mol. The highest BCUT2D eigenvalue weighted by atomic mass is 79.9. The Morgan fingerprint density at radius 3 is 2.43 bits per heavy atom. The fourth-order valence-corrected chi connectivity index (χ4v) is 2.46. The highest BCUT2D eigenvalue weighted by Gasteiger charge is 2.15. The Balaban J connectivity index is 2.35. The molecule has 5 nitrogen and oxygen atoms in total. The Morgan fingerprint density at radius 1 is 1.22 bits per heavy atom. The van der Waals surface area contributed by atoms with E-state index < -0.39 is 6.03 Å². The molecule has 0 aromatic heterocycles. The molecule has 4 N–H and O–H groups in total. The molecule has 1 atom stereocenters. The van der Waals surface area contributed by atoms with Crippen molar-refractivity contribution >= 4 is 27.9 Å². The lowest BCUT2D eigenvalue weighted by Gasteiger charge is -2.14. The van der Waals surface area contributed by atoms with Crippen LogP contribution in [0.25, 0.3) is 0 Å². The van der Waals surface area contributed by atoms with E-state index >= 15 is 0 Å². The molecule has 0 saturated heterocycles. The van der Waals surface area contributed by atoms with E-state index in [1.165, 1.54) is 5.56 Å². The molecule has 1 aromatic rings. The minimum absolute atomic E-state index is 0.206. The zero-order chi connectivity index (χ0) is 17.2. The van der Waals surface area contributed by atoms with Crippen molar-refractivity contribution in [3.05, 3.63) is 34.3 Å². The van der Waals surface area contributed by atoms with Gasteiger partial charge in [-0.2, -0.15) is 0 Å². The third-order valence-electron chi connectivity index (χ3n) is 3.59. The highest BCUT2D eigenvalue weighted by molar-refractivity contribution is 9.10. The first-order chi connectivity index (χ1) is 10.9. The van der Waals surface area contributed by atoms with Crippen molar-refractivity contribution in [2.75, 3.05) is 13.1 Å². The molecule has 0 radical (unpaired) electrons. The average molecular weight is 385 g/mol. The van der Waals surface area contributed by atoms with Crippen LogP contribution in [-0.2, 0) is 4.79 Å². The number of halogens is 1. The van der Waals surface area contributed by atoms with Crippen molar-refractivity contribution in [3.8, 4) is 0 Å². The first kappa shape index (κ1) is 19.6. The summed E-state index contributed by atoms with van der Waals surface area (Å²) in [7, 11) is 0. The van der Waals surface area contributed by atoms with Crippen LogP contribution >= 0.6 is 15.9 Å². The van der Waals surface area contributed by atoms with Crippen molar-refractivity contribution in [2.45, 2.75) is 39.7 Å². The van der Waals surface area contributed by atoms with Gasteiger partial charge in [0.2, 0.25) is 0 Å². The SMILES string of the molecule is CC[C@H]([NH2+]CC(=O)NC(=O)NCCC(C)C)c1ccc(Br)cc1. The largest absolute Gasteiger partial charge is 0.338 e. The van der Waals surface area contributed by atoms with E-state index in [-0.39, 0.29) is 18.5 Å². The summed E-state index contributed by atoms with van der Waals surface area (Å²) in [6.45, 7) is 7.07. The molecule has 0 unspecified atom stereocenters. The first-order valence-corrected chi connectivity index (χ1v) is 8.88. The molecule has 23 heavy (non-hydrogen) atoms. The van der Waals surface area contributed by atoms with Gasteiger partial charge in [-0.15, -0.1) is 0 Å². The second-order valence-corrected chi connectivity index (χ2v) is 6.91. The van der Waals surface area contributed by atoms with Gasteiger partial charge in [0.25, 0.3) is 5.91 Å². The Hall–Kier alpha value is -1.40. The number of nitrogens with two attached hydrogens (primary N) is 1. The highest BCUT2D eigenvalue weighted by Crippen LogP contribution is 2.16. The minimum atomic E-state index is -0.416. The Kier molecular flexibility index (Phi) is 8.87. The van der Waals surface area contributed by atoms with Crippen LogP contribution in [0.2, 0.25) is 0 Å². The maximum absolute atomic E-state index is 11.8. The zero-order valence-corrected chi connectivity index (χ0v) is 15.7. The smallest absolute Gasteiger partial charge is 0.321 e. The summed E-state index contributed by atoms with van der Waals surface area (Å²) in [5.74, 6) is 0.248.